The summed E-state index contributed by atoms with van der Waals surface area (Å²) in [6.45, 7) is 0.358. The first-order valence-corrected chi connectivity index (χ1v) is 8.05. The summed E-state index contributed by atoms with van der Waals surface area (Å²) < 4.78 is 10.3. The van der Waals surface area contributed by atoms with Gasteiger partial charge in [-0.1, -0.05) is 30.3 Å². The second kappa shape index (κ2) is 9.43. The highest BCUT2D eigenvalue weighted by atomic mass is 16.5. The highest BCUT2D eigenvalue weighted by Crippen LogP contribution is 2.29. The summed E-state index contributed by atoms with van der Waals surface area (Å²) in [5.41, 5.74) is 1.39. The lowest BCUT2D eigenvalue weighted by Gasteiger charge is -2.16. The van der Waals surface area contributed by atoms with Crippen molar-refractivity contribution in [2.24, 2.45) is 0 Å². The molecule has 138 valence electrons. The molecule has 2 aromatic carbocycles. The number of carboxylic acids is 1. The topological polar surface area (TPSA) is 96.9 Å². The number of carboxylic acid groups (broad SMARTS) is 1. The third-order valence-corrected chi connectivity index (χ3v) is 3.77. The third kappa shape index (κ3) is 5.49. The highest BCUT2D eigenvalue weighted by molar-refractivity contribution is 5.95. The van der Waals surface area contributed by atoms with Crippen LogP contribution in [-0.2, 0) is 16.1 Å². The van der Waals surface area contributed by atoms with Gasteiger partial charge >= 0.3 is 5.97 Å². The van der Waals surface area contributed by atoms with Crippen LogP contribution in [0.5, 0.6) is 11.5 Å². The molecule has 1 amide bonds. The molecule has 0 saturated heterocycles. The molecule has 0 aliphatic carbocycles. The average Bonchev–Trinajstić information content (AvgIpc) is 2.66. The fourth-order valence-electron chi connectivity index (χ4n) is 2.37. The van der Waals surface area contributed by atoms with E-state index in [4.69, 9.17) is 9.47 Å². The van der Waals surface area contributed by atoms with Gasteiger partial charge in [-0.15, -0.1) is 0 Å². The van der Waals surface area contributed by atoms with E-state index in [2.05, 4.69) is 10.6 Å². The molecule has 7 heteroatoms. The number of benzene rings is 2. The molecule has 0 saturated carbocycles. The van der Waals surface area contributed by atoms with E-state index < -0.39 is 17.9 Å². The molecule has 7 nitrogen and oxygen atoms in total. The Labute approximate surface area is 151 Å². The van der Waals surface area contributed by atoms with Gasteiger partial charge in [0.05, 0.1) is 26.3 Å². The Morgan fingerprint density at radius 1 is 1.08 bits per heavy atom. The van der Waals surface area contributed by atoms with Crippen molar-refractivity contribution >= 4 is 17.6 Å². The lowest BCUT2D eigenvalue weighted by molar-refractivity contribution is -0.141. The van der Waals surface area contributed by atoms with Gasteiger partial charge in [0.15, 0.2) is 0 Å². The molecule has 0 heterocycles. The Balaban J connectivity index is 1.98. The molecule has 1 atom stereocenters. The number of ether oxygens (including phenoxy) is 2. The second-order valence-corrected chi connectivity index (χ2v) is 5.58. The first kappa shape index (κ1) is 19.3. The molecule has 2 aromatic rings. The number of anilines is 1. The fraction of sp³-hybridized carbons (Fsp3) is 0.263. The van der Waals surface area contributed by atoms with Crippen LogP contribution in [0.4, 0.5) is 5.69 Å². The van der Waals surface area contributed by atoms with E-state index in [1.165, 1.54) is 14.2 Å². The summed E-state index contributed by atoms with van der Waals surface area (Å²) in [7, 11) is 3.01. The Bertz CT molecular complexity index is 749. The molecule has 0 fully saturated rings. The Kier molecular flexibility index (Phi) is 6.99. The first-order valence-electron chi connectivity index (χ1n) is 8.05. The lowest BCUT2D eigenvalue weighted by atomic mass is 10.1. The fourth-order valence-corrected chi connectivity index (χ4v) is 2.37. The average molecular weight is 358 g/mol. The molecule has 0 unspecified atom stereocenters. The van der Waals surface area contributed by atoms with Crippen LogP contribution >= 0.6 is 0 Å². The van der Waals surface area contributed by atoms with Gasteiger partial charge in [0, 0.05) is 12.6 Å². The van der Waals surface area contributed by atoms with Gasteiger partial charge in [0.1, 0.15) is 17.5 Å². The van der Waals surface area contributed by atoms with Gasteiger partial charge in [-0.2, -0.15) is 0 Å². The molecular formula is C19H22N2O5. The maximum atomic E-state index is 12.3. The second-order valence-electron chi connectivity index (χ2n) is 5.58. The van der Waals surface area contributed by atoms with Crippen molar-refractivity contribution in [3.05, 3.63) is 54.1 Å². The van der Waals surface area contributed by atoms with Crippen molar-refractivity contribution in [2.45, 2.75) is 19.0 Å². The van der Waals surface area contributed by atoms with Crippen molar-refractivity contribution in [1.29, 1.82) is 0 Å². The van der Waals surface area contributed by atoms with E-state index in [0.29, 0.717) is 23.7 Å². The van der Waals surface area contributed by atoms with Crippen molar-refractivity contribution in [2.75, 3.05) is 19.5 Å². The maximum Gasteiger partial charge on any atom is 0.321 e. The Hall–Kier alpha value is -3.06. The zero-order chi connectivity index (χ0) is 18.9. The van der Waals surface area contributed by atoms with E-state index >= 15 is 0 Å². The standard InChI is InChI=1S/C19H22N2O5/c1-25-14-8-9-15(17(10-14)26-2)21-18(22)11-16(19(23)24)20-12-13-6-4-3-5-7-13/h3-10,16,20H,11-12H2,1-2H3,(H,21,22)(H,23,24)/t16-/m1/s1. The summed E-state index contributed by atoms with van der Waals surface area (Å²) in [5.74, 6) is -0.492. The van der Waals surface area contributed by atoms with Gasteiger partial charge in [-0.05, 0) is 17.7 Å². The molecule has 26 heavy (non-hydrogen) atoms. The number of methoxy groups -OCH3 is 2. The summed E-state index contributed by atoms with van der Waals surface area (Å²) in [4.78, 5) is 23.7. The van der Waals surface area contributed by atoms with Crippen molar-refractivity contribution in [3.63, 3.8) is 0 Å². The van der Waals surface area contributed by atoms with Crippen LogP contribution in [0.1, 0.15) is 12.0 Å². The molecule has 3 N–H and O–H groups in total. The van der Waals surface area contributed by atoms with Gasteiger partial charge in [0.25, 0.3) is 0 Å². The predicted octanol–water partition coefficient (Wildman–Crippen LogP) is 2.28. The third-order valence-electron chi connectivity index (χ3n) is 3.77. The molecule has 0 aliphatic rings. The molecule has 0 radical (unpaired) electrons. The largest absolute Gasteiger partial charge is 0.497 e. The molecule has 0 aliphatic heterocycles. The highest BCUT2D eigenvalue weighted by Gasteiger charge is 2.21. The van der Waals surface area contributed by atoms with E-state index in [0.717, 1.165) is 5.56 Å². The number of aliphatic carboxylic acids is 1. The molecular weight excluding hydrogens is 336 g/mol. The minimum atomic E-state index is -1.09. The number of nitrogens with one attached hydrogen (secondary N) is 2. The first-order chi connectivity index (χ1) is 12.5. The number of amides is 1. The van der Waals surface area contributed by atoms with Crippen LogP contribution in [-0.4, -0.2) is 37.2 Å². The minimum absolute atomic E-state index is 0.211. The molecule has 0 bridgehead atoms. The van der Waals surface area contributed by atoms with Crippen LogP contribution in [0.2, 0.25) is 0 Å². The zero-order valence-corrected chi connectivity index (χ0v) is 14.7. The predicted molar refractivity (Wildman–Crippen MR) is 97.5 cm³/mol. The summed E-state index contributed by atoms with van der Waals surface area (Å²) in [6, 6.07) is 13.3. The summed E-state index contributed by atoms with van der Waals surface area (Å²) in [6.07, 6.45) is -0.211. The SMILES string of the molecule is COc1ccc(NC(=O)C[C@@H](NCc2ccccc2)C(=O)O)c(OC)c1. The summed E-state index contributed by atoms with van der Waals surface area (Å²) in [5, 5.41) is 14.9. The minimum Gasteiger partial charge on any atom is -0.497 e. The van der Waals surface area contributed by atoms with Crippen molar-refractivity contribution < 1.29 is 24.2 Å². The lowest BCUT2D eigenvalue weighted by Crippen LogP contribution is -2.39. The van der Waals surface area contributed by atoms with E-state index in [-0.39, 0.29) is 6.42 Å². The van der Waals surface area contributed by atoms with Gasteiger partial charge in [0.2, 0.25) is 5.91 Å². The number of carbonyl (C=O) groups excluding carboxylic acids is 1. The summed E-state index contributed by atoms with van der Waals surface area (Å²) >= 11 is 0. The number of hydrogen-bond acceptors (Lipinski definition) is 5. The smallest absolute Gasteiger partial charge is 0.321 e. The monoisotopic (exact) mass is 358 g/mol. The van der Waals surface area contributed by atoms with Gasteiger partial charge in [-0.3, -0.25) is 14.9 Å². The zero-order valence-electron chi connectivity index (χ0n) is 14.7. The quantitative estimate of drug-likeness (QED) is 0.636. The van der Waals surface area contributed by atoms with Crippen molar-refractivity contribution in [1.82, 2.24) is 5.32 Å². The number of hydrogen-bond donors (Lipinski definition) is 3. The van der Waals surface area contributed by atoms with Gasteiger partial charge < -0.3 is 19.9 Å². The molecule has 0 spiro atoms. The van der Waals surface area contributed by atoms with Gasteiger partial charge in [-0.25, -0.2) is 0 Å². The molecule has 0 aromatic heterocycles. The van der Waals surface area contributed by atoms with Crippen molar-refractivity contribution in [3.8, 4) is 11.5 Å². The van der Waals surface area contributed by atoms with Crippen LogP contribution in [0.25, 0.3) is 0 Å². The normalized spacial score (nSPS) is 11.5. The van der Waals surface area contributed by atoms with Crippen LogP contribution in [0, 0.1) is 0 Å². The van der Waals surface area contributed by atoms with Crippen LogP contribution < -0.4 is 20.1 Å². The number of rotatable bonds is 9. The van der Waals surface area contributed by atoms with E-state index in [1.807, 2.05) is 30.3 Å². The van der Waals surface area contributed by atoms with E-state index in [9.17, 15) is 14.7 Å². The Morgan fingerprint density at radius 3 is 2.42 bits per heavy atom. The Morgan fingerprint density at radius 2 is 1.81 bits per heavy atom. The van der Waals surface area contributed by atoms with E-state index in [1.54, 1.807) is 18.2 Å². The van der Waals surface area contributed by atoms with Crippen LogP contribution in [0.3, 0.4) is 0 Å². The maximum absolute atomic E-state index is 12.3. The number of carbonyl (C=O) groups is 2. The molecule has 2 rings (SSSR count). The van der Waals surface area contributed by atoms with Crippen LogP contribution in [0.15, 0.2) is 48.5 Å².